The lowest BCUT2D eigenvalue weighted by Crippen LogP contribution is -2.43. The van der Waals surface area contributed by atoms with E-state index in [4.69, 9.17) is 9.59 Å². The molecule has 0 unspecified atom stereocenters. The molecule has 2 N–H and O–H groups in total. The highest BCUT2D eigenvalue weighted by atomic mass is 79.9. The summed E-state index contributed by atoms with van der Waals surface area (Å²) in [5.41, 5.74) is 0. The summed E-state index contributed by atoms with van der Waals surface area (Å²) < 4.78 is 9.28. The number of hydrogen-bond donors (Lipinski definition) is 2. The van der Waals surface area contributed by atoms with Crippen molar-refractivity contribution >= 4 is 40.9 Å². The van der Waals surface area contributed by atoms with Gasteiger partial charge in [0.05, 0.1) is 13.2 Å². The third kappa shape index (κ3) is 7.38. The second-order valence-electron chi connectivity index (χ2n) is 1.62. The minimum Gasteiger partial charge on any atom is -0.367 e. The van der Waals surface area contributed by atoms with Crippen LogP contribution in [0.25, 0.3) is 0 Å². The SMILES string of the molecule is O[Si](O)(OCCBr)OCCBr. The summed E-state index contributed by atoms with van der Waals surface area (Å²) in [5, 5.41) is 1.11. The van der Waals surface area contributed by atoms with E-state index in [2.05, 4.69) is 40.7 Å². The fourth-order valence-corrected chi connectivity index (χ4v) is 2.13. The van der Waals surface area contributed by atoms with E-state index in [0.717, 1.165) is 0 Å². The summed E-state index contributed by atoms with van der Waals surface area (Å²) in [6, 6.07) is 0. The summed E-state index contributed by atoms with van der Waals surface area (Å²) in [7, 11) is -3.81. The van der Waals surface area contributed by atoms with Crippen LogP contribution >= 0.6 is 31.9 Å². The Morgan fingerprint density at radius 3 is 1.64 bits per heavy atom. The predicted octanol–water partition coefficient (Wildman–Crippen LogP) is 0.230. The van der Waals surface area contributed by atoms with E-state index in [1.165, 1.54) is 0 Å². The van der Waals surface area contributed by atoms with Crippen LogP contribution in [0.15, 0.2) is 0 Å². The molecule has 68 valence electrons. The average molecular weight is 310 g/mol. The Morgan fingerprint density at radius 1 is 1.00 bits per heavy atom. The molecule has 0 rings (SSSR count). The quantitative estimate of drug-likeness (QED) is 0.545. The van der Waals surface area contributed by atoms with Gasteiger partial charge in [-0.3, -0.25) is 0 Å². The van der Waals surface area contributed by atoms with Crippen LogP contribution in [0.2, 0.25) is 0 Å². The molecule has 11 heavy (non-hydrogen) atoms. The first-order valence-corrected chi connectivity index (χ1v) is 6.92. The van der Waals surface area contributed by atoms with Crippen LogP contribution in [-0.2, 0) is 8.85 Å². The Bertz CT molecular complexity index is 92.1. The van der Waals surface area contributed by atoms with E-state index < -0.39 is 9.05 Å². The molecule has 0 heterocycles. The van der Waals surface area contributed by atoms with E-state index in [-0.39, 0.29) is 13.2 Å². The first-order chi connectivity index (χ1) is 5.12. The molecule has 0 saturated heterocycles. The van der Waals surface area contributed by atoms with Gasteiger partial charge in [0, 0.05) is 10.7 Å². The Balaban J connectivity index is 3.43. The molecule has 0 saturated carbocycles. The van der Waals surface area contributed by atoms with E-state index in [1.807, 2.05) is 0 Å². The summed E-state index contributed by atoms with van der Waals surface area (Å²) in [6.07, 6.45) is 0. The number of halogens is 2. The van der Waals surface area contributed by atoms with Gasteiger partial charge in [-0.2, -0.15) is 0 Å². The van der Waals surface area contributed by atoms with Gasteiger partial charge in [-0.15, -0.1) is 0 Å². The van der Waals surface area contributed by atoms with Gasteiger partial charge < -0.3 is 18.4 Å². The molecule has 0 radical (unpaired) electrons. The molecule has 0 aromatic heterocycles. The van der Waals surface area contributed by atoms with Crippen molar-refractivity contribution < 1.29 is 18.4 Å². The van der Waals surface area contributed by atoms with Gasteiger partial charge in [-0.1, -0.05) is 31.9 Å². The normalized spacial score (nSPS) is 12.0. The predicted molar refractivity (Wildman–Crippen MR) is 49.7 cm³/mol. The summed E-state index contributed by atoms with van der Waals surface area (Å²) in [5.74, 6) is 0. The lowest BCUT2D eigenvalue weighted by Gasteiger charge is -2.15. The van der Waals surface area contributed by atoms with E-state index >= 15 is 0 Å². The van der Waals surface area contributed by atoms with Crippen molar-refractivity contribution in [1.82, 2.24) is 0 Å². The Kier molecular flexibility index (Phi) is 7.13. The largest absolute Gasteiger partial charge is 0.674 e. The fourth-order valence-electron chi connectivity index (χ4n) is 0.385. The van der Waals surface area contributed by atoms with E-state index in [9.17, 15) is 0 Å². The summed E-state index contributed by atoms with van der Waals surface area (Å²) in [6.45, 7) is 0.475. The van der Waals surface area contributed by atoms with Crippen LogP contribution in [0, 0.1) is 0 Å². The number of alkyl halides is 2. The third-order valence-electron chi connectivity index (χ3n) is 0.734. The molecule has 7 heteroatoms. The van der Waals surface area contributed by atoms with Gasteiger partial charge in [0.1, 0.15) is 0 Å². The van der Waals surface area contributed by atoms with Crippen LogP contribution in [0.3, 0.4) is 0 Å². The van der Waals surface area contributed by atoms with Gasteiger partial charge in [0.25, 0.3) is 0 Å². The molecule has 0 spiro atoms. The average Bonchev–Trinajstić information content (AvgIpc) is 1.97. The maximum absolute atomic E-state index is 8.98. The molecule has 0 amide bonds. The molecule has 0 atom stereocenters. The topological polar surface area (TPSA) is 58.9 Å². The van der Waals surface area contributed by atoms with Crippen LogP contribution in [0.4, 0.5) is 0 Å². The molecular formula is C4H10Br2O4Si. The Hall–Kier alpha value is 1.02. The van der Waals surface area contributed by atoms with Crippen LogP contribution in [0.5, 0.6) is 0 Å². The minimum absolute atomic E-state index is 0.238. The maximum Gasteiger partial charge on any atom is 0.674 e. The highest BCUT2D eigenvalue weighted by Gasteiger charge is 2.35. The third-order valence-corrected chi connectivity index (χ3v) is 2.54. The molecule has 0 aromatic carbocycles. The van der Waals surface area contributed by atoms with Crippen molar-refractivity contribution in [2.75, 3.05) is 23.9 Å². The first kappa shape index (κ1) is 12.0. The van der Waals surface area contributed by atoms with Crippen molar-refractivity contribution in [3.05, 3.63) is 0 Å². The minimum atomic E-state index is -3.81. The first-order valence-electron chi connectivity index (χ1n) is 2.97. The molecule has 0 fully saturated rings. The molecule has 0 aliphatic heterocycles. The van der Waals surface area contributed by atoms with Gasteiger partial charge in [0.15, 0.2) is 0 Å². The second-order valence-corrected chi connectivity index (χ2v) is 4.88. The van der Waals surface area contributed by atoms with Crippen LogP contribution < -0.4 is 0 Å². The molecular weight excluding hydrogens is 300 g/mol. The van der Waals surface area contributed by atoms with E-state index in [0.29, 0.717) is 10.7 Å². The molecule has 0 aliphatic carbocycles. The molecule has 4 nitrogen and oxygen atoms in total. The van der Waals surface area contributed by atoms with Crippen LogP contribution in [0.1, 0.15) is 0 Å². The van der Waals surface area contributed by atoms with Crippen molar-refractivity contribution in [2.24, 2.45) is 0 Å². The fraction of sp³-hybridized carbons (Fsp3) is 1.00. The zero-order valence-corrected chi connectivity index (χ0v) is 9.97. The van der Waals surface area contributed by atoms with Gasteiger partial charge >= 0.3 is 9.05 Å². The monoisotopic (exact) mass is 308 g/mol. The second kappa shape index (κ2) is 6.52. The molecule has 0 aromatic rings. The van der Waals surface area contributed by atoms with Crippen molar-refractivity contribution in [1.29, 1.82) is 0 Å². The van der Waals surface area contributed by atoms with Crippen molar-refractivity contribution in [3.8, 4) is 0 Å². The Labute approximate surface area is 83.3 Å². The molecule has 0 aliphatic rings. The standard InChI is InChI=1S/C4H10Br2O4Si/c5-1-3-9-11(7,8)10-4-2-6/h7-8H,1-4H2. The maximum atomic E-state index is 8.98. The summed E-state index contributed by atoms with van der Waals surface area (Å²) in [4.78, 5) is 18.0. The highest BCUT2D eigenvalue weighted by Crippen LogP contribution is 1.99. The lowest BCUT2D eigenvalue weighted by atomic mass is 10.9. The van der Waals surface area contributed by atoms with Crippen molar-refractivity contribution in [2.45, 2.75) is 0 Å². The van der Waals surface area contributed by atoms with Crippen LogP contribution in [-0.4, -0.2) is 42.5 Å². The summed E-state index contributed by atoms with van der Waals surface area (Å²) >= 11 is 6.16. The number of hydrogen-bond acceptors (Lipinski definition) is 4. The highest BCUT2D eigenvalue weighted by molar-refractivity contribution is 9.09. The lowest BCUT2D eigenvalue weighted by molar-refractivity contribution is 0.0337. The smallest absolute Gasteiger partial charge is 0.367 e. The zero-order valence-electron chi connectivity index (χ0n) is 5.80. The van der Waals surface area contributed by atoms with Gasteiger partial charge in [-0.25, -0.2) is 0 Å². The zero-order chi connectivity index (χ0) is 8.74. The van der Waals surface area contributed by atoms with Gasteiger partial charge in [0.2, 0.25) is 0 Å². The van der Waals surface area contributed by atoms with Gasteiger partial charge in [-0.05, 0) is 0 Å². The van der Waals surface area contributed by atoms with E-state index in [1.54, 1.807) is 0 Å². The Morgan fingerprint density at radius 2 is 1.36 bits per heavy atom. The molecule has 0 bridgehead atoms. The van der Waals surface area contributed by atoms with Crippen molar-refractivity contribution in [3.63, 3.8) is 0 Å². The number of rotatable bonds is 6.